The molecule has 0 bridgehead atoms. The van der Waals surface area contributed by atoms with Crippen LogP contribution in [0.4, 0.5) is 0 Å². The molecule has 0 fully saturated rings. The number of rotatable bonds is 3. The fraction of sp³-hybridized carbons (Fsp3) is 0.133. The number of nitrogens with zero attached hydrogens (tertiary/aromatic N) is 2. The van der Waals surface area contributed by atoms with E-state index in [9.17, 15) is 4.79 Å². The minimum Gasteiger partial charge on any atom is -0.294 e. The number of Topliss-reactive ketones (excluding diaryl/α,β-unsaturated/α-hetero) is 1. The third-order valence-corrected chi connectivity index (χ3v) is 2.77. The summed E-state index contributed by atoms with van der Waals surface area (Å²) >= 11 is 0. The Labute approximate surface area is 105 Å². The molecule has 3 nitrogen and oxygen atoms in total. The number of ketones is 1. The first kappa shape index (κ1) is 11.8. The molecular formula is C15H10N2O. The van der Waals surface area contributed by atoms with Gasteiger partial charge in [-0.15, -0.1) is 0 Å². The molecule has 18 heavy (non-hydrogen) atoms. The van der Waals surface area contributed by atoms with E-state index >= 15 is 0 Å². The summed E-state index contributed by atoms with van der Waals surface area (Å²) < 4.78 is 0. The van der Waals surface area contributed by atoms with Crippen LogP contribution < -0.4 is 0 Å². The quantitative estimate of drug-likeness (QED) is 0.766. The van der Waals surface area contributed by atoms with Gasteiger partial charge in [-0.1, -0.05) is 36.4 Å². The number of hydrogen-bond donors (Lipinski definition) is 0. The normalized spacial score (nSPS) is 9.94. The van der Waals surface area contributed by atoms with Crippen LogP contribution >= 0.6 is 0 Å². The number of carbonyl (C=O) groups is 1. The molecule has 0 aliphatic carbocycles. The summed E-state index contributed by atoms with van der Waals surface area (Å²) in [5.74, 6) is -1.04. The van der Waals surface area contributed by atoms with Crippen LogP contribution in [0.25, 0.3) is 10.8 Å². The first-order chi connectivity index (χ1) is 8.74. The molecule has 86 valence electrons. The van der Waals surface area contributed by atoms with Crippen molar-refractivity contribution >= 4 is 16.6 Å². The number of nitriles is 2. The summed E-state index contributed by atoms with van der Waals surface area (Å²) in [6.45, 7) is 0. The molecule has 0 unspecified atom stereocenters. The first-order valence-corrected chi connectivity index (χ1v) is 5.56. The molecule has 0 radical (unpaired) electrons. The lowest BCUT2D eigenvalue weighted by Crippen LogP contribution is -2.05. The van der Waals surface area contributed by atoms with E-state index in [4.69, 9.17) is 10.5 Å². The summed E-state index contributed by atoms with van der Waals surface area (Å²) in [4.78, 5) is 11.9. The highest BCUT2D eigenvalue weighted by Gasteiger charge is 2.14. The Morgan fingerprint density at radius 1 is 1.06 bits per heavy atom. The van der Waals surface area contributed by atoms with Crippen molar-refractivity contribution in [2.75, 3.05) is 0 Å². The van der Waals surface area contributed by atoms with Gasteiger partial charge in [-0.25, -0.2) is 0 Å². The van der Waals surface area contributed by atoms with Crippen LogP contribution in [0.5, 0.6) is 0 Å². The van der Waals surface area contributed by atoms with Gasteiger partial charge in [-0.3, -0.25) is 4.79 Å². The van der Waals surface area contributed by atoms with Crippen molar-refractivity contribution in [3.63, 3.8) is 0 Å². The maximum atomic E-state index is 11.9. The average Bonchev–Trinajstić information content (AvgIpc) is 2.44. The zero-order valence-electron chi connectivity index (χ0n) is 9.63. The molecule has 2 aromatic rings. The minimum atomic E-state index is -0.871. The first-order valence-electron chi connectivity index (χ1n) is 5.56. The van der Waals surface area contributed by atoms with E-state index in [1.807, 2.05) is 42.5 Å². The van der Waals surface area contributed by atoms with Gasteiger partial charge in [0, 0.05) is 12.0 Å². The van der Waals surface area contributed by atoms with Gasteiger partial charge in [0.1, 0.15) is 5.92 Å². The van der Waals surface area contributed by atoms with Crippen molar-refractivity contribution in [2.45, 2.75) is 6.42 Å². The van der Waals surface area contributed by atoms with Gasteiger partial charge in [-0.05, 0) is 16.8 Å². The van der Waals surface area contributed by atoms with Crippen LogP contribution in [-0.2, 0) is 0 Å². The standard InChI is InChI=1S/C15H10N2O/c16-9-11(10-17)7-15(18)14-6-5-12-3-1-2-4-13(12)8-14/h1-6,8,11H,7H2. The molecule has 0 N–H and O–H groups in total. The molecule has 0 heterocycles. The molecule has 0 aromatic heterocycles. The molecule has 0 aliphatic heterocycles. The van der Waals surface area contributed by atoms with Crippen LogP contribution in [0.2, 0.25) is 0 Å². The van der Waals surface area contributed by atoms with E-state index in [0.29, 0.717) is 5.56 Å². The zero-order chi connectivity index (χ0) is 13.0. The minimum absolute atomic E-state index is 0.0503. The largest absolute Gasteiger partial charge is 0.294 e. The second kappa shape index (κ2) is 5.12. The van der Waals surface area contributed by atoms with Gasteiger partial charge in [0.25, 0.3) is 0 Å². The maximum Gasteiger partial charge on any atom is 0.165 e. The fourth-order valence-corrected chi connectivity index (χ4v) is 1.79. The van der Waals surface area contributed by atoms with Gasteiger partial charge in [0.2, 0.25) is 0 Å². The Bertz CT molecular complexity index is 663. The zero-order valence-corrected chi connectivity index (χ0v) is 9.63. The fourth-order valence-electron chi connectivity index (χ4n) is 1.79. The Morgan fingerprint density at radius 3 is 2.39 bits per heavy atom. The molecule has 2 rings (SSSR count). The highest BCUT2D eigenvalue weighted by Crippen LogP contribution is 2.17. The summed E-state index contributed by atoms with van der Waals surface area (Å²) in [5.41, 5.74) is 0.546. The van der Waals surface area contributed by atoms with Crippen molar-refractivity contribution in [3.05, 3.63) is 48.0 Å². The Balaban J connectivity index is 2.29. The predicted octanol–water partition coefficient (Wildman–Crippen LogP) is 3.08. The van der Waals surface area contributed by atoms with Gasteiger partial charge in [-0.2, -0.15) is 10.5 Å². The topological polar surface area (TPSA) is 64.7 Å². The molecule has 0 saturated heterocycles. The molecule has 0 amide bonds. The highest BCUT2D eigenvalue weighted by atomic mass is 16.1. The van der Waals surface area contributed by atoms with E-state index in [2.05, 4.69) is 0 Å². The van der Waals surface area contributed by atoms with Crippen molar-refractivity contribution < 1.29 is 4.79 Å². The van der Waals surface area contributed by atoms with Crippen molar-refractivity contribution in [1.82, 2.24) is 0 Å². The van der Waals surface area contributed by atoms with E-state index in [0.717, 1.165) is 10.8 Å². The lowest BCUT2D eigenvalue weighted by Gasteiger charge is -2.03. The lowest BCUT2D eigenvalue weighted by molar-refractivity contribution is 0.0977. The second-order valence-corrected chi connectivity index (χ2v) is 4.00. The van der Waals surface area contributed by atoms with Gasteiger partial charge in [0.05, 0.1) is 12.1 Å². The SMILES string of the molecule is N#CC(C#N)CC(=O)c1ccc2ccccc2c1. The van der Waals surface area contributed by atoms with E-state index < -0.39 is 5.92 Å². The number of hydrogen-bond acceptors (Lipinski definition) is 3. The summed E-state index contributed by atoms with van der Waals surface area (Å²) in [7, 11) is 0. The maximum absolute atomic E-state index is 11.9. The van der Waals surface area contributed by atoms with Crippen molar-refractivity contribution in [2.24, 2.45) is 5.92 Å². The summed E-state index contributed by atoms with van der Waals surface area (Å²) in [5, 5.41) is 19.4. The molecule has 0 atom stereocenters. The third kappa shape index (κ3) is 2.36. The van der Waals surface area contributed by atoms with E-state index in [-0.39, 0.29) is 12.2 Å². The monoisotopic (exact) mass is 234 g/mol. The Kier molecular flexibility index (Phi) is 3.36. The predicted molar refractivity (Wildman–Crippen MR) is 67.6 cm³/mol. The molecule has 3 heteroatoms. The summed E-state index contributed by atoms with van der Waals surface area (Å²) in [6.07, 6.45) is -0.0503. The Morgan fingerprint density at radius 2 is 1.72 bits per heavy atom. The lowest BCUT2D eigenvalue weighted by atomic mass is 9.98. The van der Waals surface area contributed by atoms with Crippen LogP contribution in [0.15, 0.2) is 42.5 Å². The summed E-state index contributed by atoms with van der Waals surface area (Å²) in [6, 6.07) is 16.8. The second-order valence-electron chi connectivity index (χ2n) is 4.00. The average molecular weight is 234 g/mol. The number of benzene rings is 2. The Hall–Kier alpha value is -2.65. The van der Waals surface area contributed by atoms with Gasteiger partial charge >= 0.3 is 0 Å². The third-order valence-electron chi connectivity index (χ3n) is 2.77. The number of carbonyl (C=O) groups excluding carboxylic acids is 1. The molecule has 0 aliphatic rings. The number of fused-ring (bicyclic) bond motifs is 1. The van der Waals surface area contributed by atoms with Gasteiger partial charge < -0.3 is 0 Å². The van der Waals surface area contributed by atoms with E-state index in [1.165, 1.54) is 0 Å². The smallest absolute Gasteiger partial charge is 0.165 e. The van der Waals surface area contributed by atoms with Crippen LogP contribution in [0.1, 0.15) is 16.8 Å². The van der Waals surface area contributed by atoms with Crippen LogP contribution in [-0.4, -0.2) is 5.78 Å². The molecule has 0 saturated carbocycles. The van der Waals surface area contributed by atoms with Gasteiger partial charge in [0.15, 0.2) is 5.78 Å². The molecular weight excluding hydrogens is 224 g/mol. The van der Waals surface area contributed by atoms with Crippen LogP contribution in [0.3, 0.4) is 0 Å². The molecule has 0 spiro atoms. The van der Waals surface area contributed by atoms with Crippen LogP contribution in [0, 0.1) is 28.6 Å². The molecule has 2 aromatic carbocycles. The van der Waals surface area contributed by atoms with Crippen molar-refractivity contribution in [1.29, 1.82) is 10.5 Å². The van der Waals surface area contributed by atoms with Crippen molar-refractivity contribution in [3.8, 4) is 12.1 Å². The highest BCUT2D eigenvalue weighted by molar-refractivity contribution is 6.00. The van der Waals surface area contributed by atoms with E-state index in [1.54, 1.807) is 12.1 Å².